The van der Waals surface area contributed by atoms with Gasteiger partial charge < -0.3 is 10.6 Å². The number of hydrogen-bond acceptors (Lipinski definition) is 3. The zero-order chi connectivity index (χ0) is 13.4. The third kappa shape index (κ3) is 3.26. The molecular formula is C14H21N3OS. The summed E-state index contributed by atoms with van der Waals surface area (Å²) in [5.74, 6) is 1.26. The number of aromatic nitrogens is 1. The number of rotatable bonds is 5. The molecule has 1 aromatic rings. The highest BCUT2D eigenvalue weighted by Crippen LogP contribution is 2.41. The number of carbonyl (C=O) groups is 1. The van der Waals surface area contributed by atoms with Crippen molar-refractivity contribution >= 4 is 17.4 Å². The molecule has 19 heavy (non-hydrogen) atoms. The smallest absolute Gasteiger partial charge is 0.315 e. The minimum absolute atomic E-state index is 0.0378. The van der Waals surface area contributed by atoms with Crippen LogP contribution in [0.2, 0.25) is 0 Å². The van der Waals surface area contributed by atoms with Crippen LogP contribution in [0.25, 0.3) is 0 Å². The summed E-state index contributed by atoms with van der Waals surface area (Å²) in [6.45, 7) is 4.09. The number of aryl methyl sites for hydroxylation is 1. The summed E-state index contributed by atoms with van der Waals surface area (Å²) in [5, 5.41) is 9.28. The van der Waals surface area contributed by atoms with E-state index >= 15 is 0 Å². The Labute approximate surface area is 118 Å². The molecule has 0 spiro atoms. The lowest BCUT2D eigenvalue weighted by molar-refractivity contribution is 0.231. The molecule has 2 aliphatic carbocycles. The summed E-state index contributed by atoms with van der Waals surface area (Å²) in [6, 6.07) is 0.354. The molecular weight excluding hydrogens is 258 g/mol. The van der Waals surface area contributed by atoms with Crippen LogP contribution >= 0.6 is 11.3 Å². The van der Waals surface area contributed by atoms with E-state index in [4.69, 9.17) is 0 Å². The average Bonchev–Trinajstić information content (AvgIpc) is 3.25. The summed E-state index contributed by atoms with van der Waals surface area (Å²) >= 11 is 1.65. The van der Waals surface area contributed by atoms with Crippen LogP contribution in [0.3, 0.4) is 0 Å². The molecule has 2 fully saturated rings. The van der Waals surface area contributed by atoms with E-state index in [0.717, 1.165) is 10.7 Å². The second-order valence-electron chi connectivity index (χ2n) is 5.89. The van der Waals surface area contributed by atoms with E-state index in [-0.39, 0.29) is 18.1 Å². The maximum atomic E-state index is 12.1. The number of nitrogens with one attached hydrogen (secondary N) is 2. The van der Waals surface area contributed by atoms with Crippen molar-refractivity contribution < 1.29 is 4.79 Å². The van der Waals surface area contributed by atoms with Crippen molar-refractivity contribution in [3.05, 3.63) is 16.1 Å². The van der Waals surface area contributed by atoms with E-state index in [1.807, 2.05) is 6.92 Å². The molecule has 1 heterocycles. The van der Waals surface area contributed by atoms with E-state index in [0.29, 0.717) is 11.8 Å². The standard InChI is InChI=1S/C14H21N3OS/c1-8-7-19-13(15-8)12(11-5-6-11)17-14(18)16-9(2)10-3-4-10/h7,9-12H,3-6H2,1-2H3,(H2,16,17,18)/t9-,12-/m1/s1. The molecule has 1 aromatic heterocycles. The first-order valence-electron chi connectivity index (χ1n) is 7.12. The van der Waals surface area contributed by atoms with Crippen molar-refractivity contribution in [3.63, 3.8) is 0 Å². The monoisotopic (exact) mass is 279 g/mol. The van der Waals surface area contributed by atoms with Gasteiger partial charge in [0.25, 0.3) is 0 Å². The first-order valence-corrected chi connectivity index (χ1v) is 8.00. The fraction of sp³-hybridized carbons (Fsp3) is 0.714. The number of urea groups is 1. The SMILES string of the molecule is Cc1csc([C@H](NC(=O)N[C@H](C)C2CC2)C2CC2)n1. The molecule has 5 heteroatoms. The summed E-state index contributed by atoms with van der Waals surface area (Å²) in [4.78, 5) is 16.6. The number of amides is 2. The molecule has 2 aliphatic rings. The molecule has 0 aromatic carbocycles. The molecule has 4 nitrogen and oxygen atoms in total. The fourth-order valence-corrected chi connectivity index (χ4v) is 3.37. The lowest BCUT2D eigenvalue weighted by atomic mass is 10.2. The second kappa shape index (κ2) is 5.12. The molecule has 3 rings (SSSR count). The first-order chi connectivity index (χ1) is 9.13. The Morgan fingerprint density at radius 1 is 1.32 bits per heavy atom. The number of hydrogen-bond donors (Lipinski definition) is 2. The van der Waals surface area contributed by atoms with E-state index in [1.165, 1.54) is 25.7 Å². The van der Waals surface area contributed by atoms with E-state index < -0.39 is 0 Å². The molecule has 0 saturated heterocycles. The van der Waals surface area contributed by atoms with Gasteiger partial charge in [0.05, 0.1) is 6.04 Å². The Balaban J connectivity index is 1.59. The van der Waals surface area contributed by atoms with Gasteiger partial charge in [-0.25, -0.2) is 9.78 Å². The van der Waals surface area contributed by atoms with Crippen LogP contribution in [-0.4, -0.2) is 17.1 Å². The fourth-order valence-electron chi connectivity index (χ4n) is 2.43. The van der Waals surface area contributed by atoms with Gasteiger partial charge in [0.15, 0.2) is 0 Å². The van der Waals surface area contributed by atoms with Gasteiger partial charge in [-0.3, -0.25) is 0 Å². The molecule has 0 radical (unpaired) electrons. The van der Waals surface area contributed by atoms with Crippen molar-refractivity contribution in [2.75, 3.05) is 0 Å². The maximum absolute atomic E-state index is 12.1. The summed E-state index contributed by atoms with van der Waals surface area (Å²) in [7, 11) is 0. The van der Waals surface area contributed by atoms with Crippen molar-refractivity contribution in [2.24, 2.45) is 11.8 Å². The molecule has 2 N–H and O–H groups in total. The van der Waals surface area contributed by atoms with Crippen molar-refractivity contribution in [3.8, 4) is 0 Å². The minimum Gasteiger partial charge on any atom is -0.335 e. The Hall–Kier alpha value is -1.10. The van der Waals surface area contributed by atoms with Gasteiger partial charge in [-0.1, -0.05) is 0 Å². The van der Waals surface area contributed by atoms with Crippen molar-refractivity contribution in [1.82, 2.24) is 15.6 Å². The molecule has 0 bridgehead atoms. The van der Waals surface area contributed by atoms with Gasteiger partial charge in [0.2, 0.25) is 0 Å². The largest absolute Gasteiger partial charge is 0.335 e. The third-order valence-electron chi connectivity index (χ3n) is 3.97. The van der Waals surface area contributed by atoms with Gasteiger partial charge >= 0.3 is 6.03 Å². The third-order valence-corrected chi connectivity index (χ3v) is 5.02. The van der Waals surface area contributed by atoms with Crippen LogP contribution in [0.5, 0.6) is 0 Å². The maximum Gasteiger partial charge on any atom is 0.315 e. The Morgan fingerprint density at radius 3 is 2.53 bits per heavy atom. The molecule has 0 aliphatic heterocycles. The van der Waals surface area contributed by atoms with Crippen molar-refractivity contribution in [1.29, 1.82) is 0 Å². The Kier molecular flexibility index (Phi) is 3.48. The van der Waals surface area contributed by atoms with Gasteiger partial charge in [-0.15, -0.1) is 11.3 Å². The Morgan fingerprint density at radius 2 is 2.00 bits per heavy atom. The van der Waals surface area contributed by atoms with Crippen molar-refractivity contribution in [2.45, 2.75) is 51.6 Å². The zero-order valence-electron chi connectivity index (χ0n) is 11.5. The second-order valence-corrected chi connectivity index (χ2v) is 6.78. The molecule has 2 saturated carbocycles. The normalized spacial score (nSPS) is 21.8. The van der Waals surface area contributed by atoms with Gasteiger partial charge in [-0.2, -0.15) is 0 Å². The molecule has 0 unspecified atom stereocenters. The van der Waals surface area contributed by atoms with Gasteiger partial charge in [0, 0.05) is 17.1 Å². The minimum atomic E-state index is -0.0378. The average molecular weight is 279 g/mol. The molecule has 2 atom stereocenters. The van der Waals surface area contributed by atoms with Gasteiger partial charge in [-0.05, 0) is 51.4 Å². The van der Waals surface area contributed by atoms with Crippen LogP contribution in [0.4, 0.5) is 4.79 Å². The quantitative estimate of drug-likeness (QED) is 0.870. The molecule has 104 valence electrons. The van der Waals surface area contributed by atoms with Crippen LogP contribution < -0.4 is 10.6 Å². The van der Waals surface area contributed by atoms with Crippen LogP contribution in [0, 0.1) is 18.8 Å². The number of carbonyl (C=O) groups excluding carboxylic acids is 1. The number of thiazole rings is 1. The highest BCUT2D eigenvalue weighted by atomic mass is 32.1. The van der Waals surface area contributed by atoms with E-state index in [1.54, 1.807) is 11.3 Å². The highest BCUT2D eigenvalue weighted by Gasteiger charge is 2.36. The van der Waals surface area contributed by atoms with Gasteiger partial charge in [0.1, 0.15) is 5.01 Å². The molecule has 2 amide bonds. The first kappa shape index (κ1) is 12.9. The summed E-state index contributed by atoms with van der Waals surface area (Å²) < 4.78 is 0. The van der Waals surface area contributed by atoms with E-state index in [9.17, 15) is 4.79 Å². The summed E-state index contributed by atoms with van der Waals surface area (Å²) in [5.41, 5.74) is 1.04. The zero-order valence-corrected chi connectivity index (χ0v) is 12.3. The predicted octanol–water partition coefficient (Wildman–Crippen LogP) is 3.00. The lowest BCUT2D eigenvalue weighted by Gasteiger charge is -2.19. The van der Waals surface area contributed by atoms with Crippen LogP contribution in [0.15, 0.2) is 5.38 Å². The topological polar surface area (TPSA) is 54.0 Å². The lowest BCUT2D eigenvalue weighted by Crippen LogP contribution is -2.43. The van der Waals surface area contributed by atoms with Crippen LogP contribution in [0.1, 0.15) is 49.4 Å². The van der Waals surface area contributed by atoms with E-state index in [2.05, 4.69) is 27.9 Å². The highest BCUT2D eigenvalue weighted by molar-refractivity contribution is 7.09. The Bertz CT molecular complexity index is 465. The predicted molar refractivity (Wildman–Crippen MR) is 76.2 cm³/mol. The number of nitrogens with zero attached hydrogens (tertiary/aromatic N) is 1. The van der Waals surface area contributed by atoms with Crippen LogP contribution in [-0.2, 0) is 0 Å². The summed E-state index contributed by atoms with van der Waals surface area (Å²) in [6.07, 6.45) is 4.89.